The van der Waals surface area contributed by atoms with E-state index < -0.39 is 14.2 Å². The number of hydrogen-bond donors (Lipinski definition) is 2. The molecule has 0 atom stereocenters. The van der Waals surface area contributed by atoms with Crippen molar-refractivity contribution in [3.05, 3.63) is 24.3 Å². The van der Waals surface area contributed by atoms with Gasteiger partial charge >= 0.3 is 91.2 Å². The van der Waals surface area contributed by atoms with E-state index in [-0.39, 0.29) is 4.35 Å². The van der Waals surface area contributed by atoms with E-state index in [0.29, 0.717) is 0 Å². The Morgan fingerprint density at radius 1 is 1.07 bits per heavy atom. The first-order valence-corrected chi connectivity index (χ1v) is 8.37. The monoisotopic (exact) mass is 271 g/mol. The van der Waals surface area contributed by atoms with Crippen molar-refractivity contribution < 1.29 is 11.9 Å². The molecule has 82 valence electrons. The van der Waals surface area contributed by atoms with Crippen LogP contribution in [0.15, 0.2) is 24.3 Å². The summed E-state index contributed by atoms with van der Waals surface area (Å²) in [7, 11) is 0. The van der Waals surface area contributed by atoms with E-state index in [1.54, 1.807) is 12.1 Å². The molecule has 15 heavy (non-hydrogen) atoms. The molecule has 1 aliphatic heterocycles. The molecule has 1 aromatic carbocycles. The maximum absolute atomic E-state index is 11.0. The summed E-state index contributed by atoms with van der Waals surface area (Å²) in [6.45, 7) is 2.08. The molecule has 0 radical (unpaired) electrons. The molecule has 1 saturated heterocycles. The first-order chi connectivity index (χ1) is 7.07. The molecule has 5 heteroatoms. The molecule has 0 aromatic heterocycles. The van der Waals surface area contributed by atoms with Crippen LogP contribution in [0.25, 0.3) is 0 Å². The SMILES string of the molecule is O=[As](O)(O)c1ccc(N2CCCC2)cc1. The number of hydrogen-bond acceptors (Lipinski definition) is 2. The fourth-order valence-corrected chi connectivity index (χ4v) is 2.96. The summed E-state index contributed by atoms with van der Waals surface area (Å²) in [5, 5.41) is 0. The van der Waals surface area contributed by atoms with Gasteiger partial charge in [-0.2, -0.15) is 0 Å². The molecule has 1 aliphatic rings. The summed E-state index contributed by atoms with van der Waals surface area (Å²) < 4.78 is 29.2. The molecule has 1 heterocycles. The summed E-state index contributed by atoms with van der Waals surface area (Å²) in [6.07, 6.45) is 2.40. The third-order valence-corrected chi connectivity index (χ3v) is 4.69. The maximum atomic E-state index is 11.0. The van der Waals surface area contributed by atoms with E-state index in [2.05, 4.69) is 4.90 Å². The van der Waals surface area contributed by atoms with Crippen LogP contribution in [0.1, 0.15) is 12.8 Å². The molecule has 0 saturated carbocycles. The first-order valence-electron chi connectivity index (χ1n) is 4.98. The standard InChI is InChI=1S/C10H14AsNO3/c13-11(14,15)9-3-5-10(6-4-9)12-7-1-2-8-12/h3-6H,1-2,7-8H2,(H2,13,14,15). The predicted octanol–water partition coefficient (Wildman–Crippen LogP) is -0.152. The van der Waals surface area contributed by atoms with Crippen LogP contribution < -0.4 is 9.25 Å². The zero-order chi connectivity index (χ0) is 10.9. The molecule has 2 rings (SSSR count). The van der Waals surface area contributed by atoms with Crippen molar-refractivity contribution in [3.8, 4) is 0 Å². The number of nitrogens with zero attached hydrogens (tertiary/aromatic N) is 1. The molecular formula is C10H14AsNO3. The van der Waals surface area contributed by atoms with Gasteiger partial charge in [0.05, 0.1) is 0 Å². The molecule has 0 bridgehead atoms. The molecule has 4 nitrogen and oxygen atoms in total. The van der Waals surface area contributed by atoms with E-state index >= 15 is 0 Å². The van der Waals surface area contributed by atoms with Gasteiger partial charge in [-0.25, -0.2) is 0 Å². The second kappa shape index (κ2) is 4.05. The second-order valence-electron chi connectivity index (χ2n) is 3.75. The Hall–Kier alpha value is -0.702. The van der Waals surface area contributed by atoms with Gasteiger partial charge in [0.2, 0.25) is 0 Å². The van der Waals surface area contributed by atoms with Crippen LogP contribution in [0.4, 0.5) is 5.69 Å². The van der Waals surface area contributed by atoms with Crippen LogP contribution in [0.2, 0.25) is 0 Å². The predicted molar refractivity (Wildman–Crippen MR) is 58.4 cm³/mol. The van der Waals surface area contributed by atoms with Crippen molar-refractivity contribution in [1.29, 1.82) is 0 Å². The summed E-state index contributed by atoms with van der Waals surface area (Å²) in [5.41, 5.74) is 1.06. The van der Waals surface area contributed by atoms with Gasteiger partial charge in [-0.3, -0.25) is 0 Å². The summed E-state index contributed by atoms with van der Waals surface area (Å²) in [5.74, 6) is 0. The van der Waals surface area contributed by atoms with Gasteiger partial charge in [-0.1, -0.05) is 0 Å². The number of benzene rings is 1. The van der Waals surface area contributed by atoms with Crippen molar-refractivity contribution in [2.75, 3.05) is 18.0 Å². The van der Waals surface area contributed by atoms with Crippen molar-refractivity contribution in [1.82, 2.24) is 0 Å². The van der Waals surface area contributed by atoms with Gasteiger partial charge in [0.15, 0.2) is 0 Å². The van der Waals surface area contributed by atoms with E-state index in [9.17, 15) is 3.74 Å². The van der Waals surface area contributed by atoms with E-state index in [1.807, 2.05) is 0 Å². The van der Waals surface area contributed by atoms with Crippen LogP contribution in [-0.4, -0.2) is 35.5 Å². The molecule has 0 aliphatic carbocycles. The third kappa shape index (κ3) is 2.45. The van der Waals surface area contributed by atoms with Crippen LogP contribution in [-0.2, 0) is 3.74 Å². The second-order valence-corrected chi connectivity index (χ2v) is 7.12. The zero-order valence-electron chi connectivity index (χ0n) is 8.33. The molecular weight excluding hydrogens is 257 g/mol. The van der Waals surface area contributed by atoms with Crippen LogP contribution >= 0.6 is 0 Å². The normalized spacial score (nSPS) is 17.1. The molecule has 0 spiro atoms. The average Bonchev–Trinajstić information content (AvgIpc) is 2.69. The molecule has 1 aromatic rings. The van der Waals surface area contributed by atoms with Gasteiger partial charge in [-0.15, -0.1) is 0 Å². The Balaban J connectivity index is 2.20. The Kier molecular flexibility index (Phi) is 2.91. The average molecular weight is 271 g/mol. The topological polar surface area (TPSA) is 60.8 Å². The van der Waals surface area contributed by atoms with Gasteiger partial charge in [0, 0.05) is 0 Å². The van der Waals surface area contributed by atoms with Gasteiger partial charge < -0.3 is 0 Å². The van der Waals surface area contributed by atoms with Gasteiger partial charge in [0.1, 0.15) is 0 Å². The molecule has 2 N–H and O–H groups in total. The van der Waals surface area contributed by atoms with E-state index in [4.69, 9.17) is 8.19 Å². The van der Waals surface area contributed by atoms with Crippen molar-refractivity contribution in [2.45, 2.75) is 12.8 Å². The first kappa shape index (κ1) is 10.8. The minimum absolute atomic E-state index is 0.149. The Bertz CT molecular complexity index is 378. The fraction of sp³-hybridized carbons (Fsp3) is 0.400. The zero-order valence-corrected chi connectivity index (χ0v) is 10.2. The number of rotatable bonds is 2. The van der Waals surface area contributed by atoms with Gasteiger partial charge in [0.25, 0.3) is 0 Å². The molecule has 1 fully saturated rings. The van der Waals surface area contributed by atoms with Crippen molar-refractivity contribution in [2.24, 2.45) is 0 Å². The number of anilines is 1. The van der Waals surface area contributed by atoms with E-state index in [0.717, 1.165) is 18.8 Å². The molecule has 0 amide bonds. The van der Waals surface area contributed by atoms with Crippen molar-refractivity contribution in [3.63, 3.8) is 0 Å². The van der Waals surface area contributed by atoms with Crippen molar-refractivity contribution >= 4 is 24.2 Å². The van der Waals surface area contributed by atoms with Crippen LogP contribution in [0, 0.1) is 0 Å². The Morgan fingerprint density at radius 3 is 2.07 bits per heavy atom. The quantitative estimate of drug-likeness (QED) is 0.734. The van der Waals surface area contributed by atoms with E-state index in [1.165, 1.54) is 25.0 Å². The minimum atomic E-state index is -4.69. The summed E-state index contributed by atoms with van der Waals surface area (Å²) in [6, 6.07) is 6.66. The Morgan fingerprint density at radius 2 is 1.60 bits per heavy atom. The molecule has 0 unspecified atom stereocenters. The van der Waals surface area contributed by atoms with Crippen LogP contribution in [0.5, 0.6) is 0 Å². The Labute approximate surface area is 91.5 Å². The summed E-state index contributed by atoms with van der Waals surface area (Å²) in [4.78, 5) is 2.23. The van der Waals surface area contributed by atoms with Crippen LogP contribution in [0.3, 0.4) is 0 Å². The summed E-state index contributed by atoms with van der Waals surface area (Å²) >= 11 is -4.69. The third-order valence-electron chi connectivity index (χ3n) is 2.66. The fourth-order valence-electron chi connectivity index (χ4n) is 1.83. The van der Waals surface area contributed by atoms with Gasteiger partial charge in [-0.05, 0) is 0 Å².